The molecule has 1 aromatic heterocycles. The minimum atomic E-state index is -4.66. The summed E-state index contributed by atoms with van der Waals surface area (Å²) in [7, 11) is 0. The van der Waals surface area contributed by atoms with Crippen LogP contribution >= 0.6 is 0 Å². The van der Waals surface area contributed by atoms with Crippen LogP contribution in [0.1, 0.15) is 23.6 Å². The second kappa shape index (κ2) is 7.03. The van der Waals surface area contributed by atoms with E-state index in [9.17, 15) is 18.3 Å². The van der Waals surface area contributed by atoms with Crippen molar-refractivity contribution in [1.82, 2.24) is 14.8 Å². The van der Waals surface area contributed by atoms with Gasteiger partial charge in [-0.2, -0.15) is 18.3 Å². The van der Waals surface area contributed by atoms with E-state index in [1.807, 2.05) is 6.92 Å². The molecule has 142 valence electrons. The SMILES string of the molecule is Cc1ccc(Oc2ccc(C(C)(O)Cn3cncn3)c(C(F)(F)F)c2)cc1. The third-order valence-corrected chi connectivity index (χ3v) is 4.07. The van der Waals surface area contributed by atoms with Gasteiger partial charge in [0.1, 0.15) is 29.8 Å². The van der Waals surface area contributed by atoms with Crippen LogP contribution in [0.3, 0.4) is 0 Å². The molecule has 0 saturated carbocycles. The fourth-order valence-electron chi connectivity index (χ4n) is 2.75. The molecule has 3 aromatic rings. The van der Waals surface area contributed by atoms with Crippen molar-refractivity contribution < 1.29 is 23.0 Å². The van der Waals surface area contributed by atoms with E-state index in [0.29, 0.717) is 5.75 Å². The van der Waals surface area contributed by atoms with Gasteiger partial charge in [0, 0.05) is 0 Å². The summed E-state index contributed by atoms with van der Waals surface area (Å²) in [5.74, 6) is 0.460. The highest BCUT2D eigenvalue weighted by molar-refractivity contribution is 5.42. The molecule has 1 atom stereocenters. The van der Waals surface area contributed by atoms with Crippen LogP contribution in [0.5, 0.6) is 11.5 Å². The summed E-state index contributed by atoms with van der Waals surface area (Å²) in [5.41, 5.74) is -2.02. The van der Waals surface area contributed by atoms with Gasteiger partial charge in [0.15, 0.2) is 0 Å². The standard InChI is InChI=1S/C19H18F3N3O2/c1-13-3-5-14(6-4-13)27-15-7-8-16(17(9-15)19(20,21)22)18(2,26)10-25-12-23-11-24-25/h3-9,11-12,26H,10H2,1-2H3. The third-order valence-electron chi connectivity index (χ3n) is 4.07. The van der Waals surface area contributed by atoms with Gasteiger partial charge in [-0.1, -0.05) is 23.8 Å². The predicted octanol–water partition coefficient (Wildman–Crippen LogP) is 4.31. The largest absolute Gasteiger partial charge is 0.457 e. The van der Waals surface area contributed by atoms with Gasteiger partial charge in [0.2, 0.25) is 0 Å². The van der Waals surface area contributed by atoms with Gasteiger partial charge in [-0.25, -0.2) is 9.67 Å². The van der Waals surface area contributed by atoms with Crippen molar-refractivity contribution in [1.29, 1.82) is 0 Å². The molecule has 0 aliphatic carbocycles. The maximum Gasteiger partial charge on any atom is 0.416 e. The molecule has 0 radical (unpaired) electrons. The number of hydrogen-bond donors (Lipinski definition) is 1. The van der Waals surface area contributed by atoms with Crippen molar-refractivity contribution in [3.63, 3.8) is 0 Å². The number of ether oxygens (including phenoxy) is 1. The highest BCUT2D eigenvalue weighted by Crippen LogP contribution is 2.40. The molecule has 0 amide bonds. The van der Waals surface area contributed by atoms with Gasteiger partial charge < -0.3 is 9.84 Å². The molecule has 0 aliphatic rings. The Hall–Kier alpha value is -2.87. The summed E-state index contributed by atoms with van der Waals surface area (Å²) < 4.78 is 47.7. The van der Waals surface area contributed by atoms with Crippen LogP contribution in [0.25, 0.3) is 0 Å². The molecule has 0 spiro atoms. The third kappa shape index (κ3) is 4.46. The van der Waals surface area contributed by atoms with E-state index < -0.39 is 17.3 Å². The number of hydrogen-bond acceptors (Lipinski definition) is 4. The van der Waals surface area contributed by atoms with Crippen molar-refractivity contribution in [2.45, 2.75) is 32.2 Å². The predicted molar refractivity (Wildman–Crippen MR) is 92.3 cm³/mol. The minimum Gasteiger partial charge on any atom is -0.457 e. The van der Waals surface area contributed by atoms with Gasteiger partial charge in [0.25, 0.3) is 0 Å². The minimum absolute atomic E-state index is 0.0338. The number of halogens is 3. The Morgan fingerprint density at radius 3 is 2.30 bits per heavy atom. The van der Waals surface area contributed by atoms with Crippen LogP contribution in [0.4, 0.5) is 13.2 Å². The van der Waals surface area contributed by atoms with Crippen LogP contribution in [-0.4, -0.2) is 19.9 Å². The van der Waals surface area contributed by atoms with E-state index in [2.05, 4.69) is 10.1 Å². The lowest BCUT2D eigenvalue weighted by molar-refractivity contribution is -0.140. The van der Waals surface area contributed by atoms with E-state index in [0.717, 1.165) is 11.6 Å². The molecule has 1 unspecified atom stereocenters. The summed E-state index contributed by atoms with van der Waals surface area (Å²) >= 11 is 0. The first-order valence-corrected chi connectivity index (χ1v) is 8.16. The van der Waals surface area contributed by atoms with E-state index in [-0.39, 0.29) is 17.9 Å². The average Bonchev–Trinajstić information content (AvgIpc) is 3.08. The molecule has 3 rings (SSSR count). The first-order valence-electron chi connectivity index (χ1n) is 8.16. The van der Waals surface area contributed by atoms with E-state index in [4.69, 9.17) is 4.74 Å². The number of aryl methyl sites for hydroxylation is 1. The Morgan fingerprint density at radius 1 is 1.04 bits per heavy atom. The zero-order chi connectivity index (χ0) is 19.7. The van der Waals surface area contributed by atoms with Crippen LogP contribution in [0.2, 0.25) is 0 Å². The lowest BCUT2D eigenvalue weighted by Gasteiger charge is -2.27. The molecular weight excluding hydrogens is 359 g/mol. The topological polar surface area (TPSA) is 60.2 Å². The smallest absolute Gasteiger partial charge is 0.416 e. The summed E-state index contributed by atoms with van der Waals surface area (Å²) in [6, 6.07) is 10.5. The first kappa shape index (κ1) is 18.9. The molecular formula is C19H18F3N3O2. The van der Waals surface area contributed by atoms with Crippen molar-refractivity contribution in [2.75, 3.05) is 0 Å². The number of nitrogens with zero attached hydrogens (tertiary/aromatic N) is 3. The second-order valence-electron chi connectivity index (χ2n) is 6.49. The number of rotatable bonds is 5. The molecule has 8 heteroatoms. The van der Waals surface area contributed by atoms with Crippen molar-refractivity contribution >= 4 is 0 Å². The molecule has 0 aliphatic heterocycles. The lowest BCUT2D eigenvalue weighted by atomic mass is 9.90. The Morgan fingerprint density at radius 2 is 1.70 bits per heavy atom. The number of alkyl halides is 3. The molecule has 0 bridgehead atoms. The molecule has 1 N–H and O–H groups in total. The van der Waals surface area contributed by atoms with Crippen LogP contribution < -0.4 is 4.74 Å². The zero-order valence-electron chi connectivity index (χ0n) is 14.7. The molecule has 1 heterocycles. The van der Waals surface area contributed by atoms with Crippen LogP contribution in [0, 0.1) is 6.92 Å². The fraction of sp³-hybridized carbons (Fsp3) is 0.263. The summed E-state index contributed by atoms with van der Waals surface area (Å²) in [4.78, 5) is 3.74. The molecule has 5 nitrogen and oxygen atoms in total. The average molecular weight is 377 g/mol. The number of benzene rings is 2. The normalized spacial score (nSPS) is 14.0. The second-order valence-corrected chi connectivity index (χ2v) is 6.49. The van der Waals surface area contributed by atoms with Gasteiger partial charge in [-0.05, 0) is 43.7 Å². The highest BCUT2D eigenvalue weighted by Gasteiger charge is 2.39. The van der Waals surface area contributed by atoms with Gasteiger partial charge in [-0.3, -0.25) is 0 Å². The van der Waals surface area contributed by atoms with Crippen molar-refractivity contribution in [3.8, 4) is 11.5 Å². The maximum absolute atomic E-state index is 13.6. The van der Waals surface area contributed by atoms with Crippen LogP contribution in [0.15, 0.2) is 55.1 Å². The van der Waals surface area contributed by atoms with Gasteiger partial charge in [-0.15, -0.1) is 0 Å². The van der Waals surface area contributed by atoms with Crippen LogP contribution in [-0.2, 0) is 18.3 Å². The summed E-state index contributed by atoms with van der Waals surface area (Å²) in [5, 5.41) is 14.5. The van der Waals surface area contributed by atoms with Crippen molar-refractivity contribution in [3.05, 3.63) is 71.8 Å². The van der Waals surface area contributed by atoms with Crippen molar-refractivity contribution in [2.24, 2.45) is 0 Å². The molecule has 0 saturated heterocycles. The maximum atomic E-state index is 13.6. The molecule has 2 aromatic carbocycles. The quantitative estimate of drug-likeness (QED) is 0.720. The van der Waals surface area contributed by atoms with E-state index >= 15 is 0 Å². The molecule has 0 fully saturated rings. The summed E-state index contributed by atoms with van der Waals surface area (Å²) in [6.45, 7) is 3.03. The molecule has 27 heavy (non-hydrogen) atoms. The Labute approximate surface area is 154 Å². The lowest BCUT2D eigenvalue weighted by Crippen LogP contribution is -2.31. The first-order chi connectivity index (χ1) is 12.6. The summed E-state index contributed by atoms with van der Waals surface area (Å²) in [6.07, 6.45) is -2.08. The monoisotopic (exact) mass is 377 g/mol. The van der Waals surface area contributed by atoms with Gasteiger partial charge in [0.05, 0.1) is 12.1 Å². The van der Waals surface area contributed by atoms with Gasteiger partial charge >= 0.3 is 6.18 Å². The van der Waals surface area contributed by atoms with E-state index in [1.54, 1.807) is 24.3 Å². The number of aliphatic hydroxyl groups is 1. The number of aromatic nitrogens is 3. The Bertz CT molecular complexity index is 905. The zero-order valence-corrected chi connectivity index (χ0v) is 14.7. The Balaban J connectivity index is 1.95. The Kier molecular flexibility index (Phi) is 4.93. The highest BCUT2D eigenvalue weighted by atomic mass is 19.4. The fourth-order valence-corrected chi connectivity index (χ4v) is 2.75. The van der Waals surface area contributed by atoms with E-state index in [1.165, 1.54) is 36.4 Å².